The van der Waals surface area contributed by atoms with Crippen molar-refractivity contribution < 1.29 is 24.1 Å². The van der Waals surface area contributed by atoms with Crippen molar-refractivity contribution in [3.63, 3.8) is 0 Å². The number of benzene rings is 2. The van der Waals surface area contributed by atoms with Gasteiger partial charge in [0.05, 0.1) is 16.8 Å². The summed E-state index contributed by atoms with van der Waals surface area (Å²) in [5.41, 5.74) is 0.0868. The van der Waals surface area contributed by atoms with Gasteiger partial charge in [0.1, 0.15) is 6.54 Å². The summed E-state index contributed by atoms with van der Waals surface area (Å²) in [4.78, 5) is 63.6. The Labute approximate surface area is 225 Å². The van der Waals surface area contributed by atoms with Crippen LogP contribution < -0.4 is 0 Å². The minimum absolute atomic E-state index is 0.00594. The van der Waals surface area contributed by atoms with E-state index in [9.17, 15) is 29.3 Å². The molecule has 182 valence electrons. The van der Waals surface area contributed by atoms with Gasteiger partial charge in [-0.05, 0) is 37.1 Å². The predicted octanol–water partition coefficient (Wildman–Crippen LogP) is 4.52. The fraction of sp³-hybridized carbons (Fsp3) is 0.304. The number of hydrogen-bond donors (Lipinski definition) is 0. The molecule has 1 aliphatic heterocycles. The van der Waals surface area contributed by atoms with E-state index in [1.165, 1.54) is 12.1 Å². The van der Waals surface area contributed by atoms with Crippen molar-refractivity contribution in [3.05, 3.63) is 74.2 Å². The van der Waals surface area contributed by atoms with E-state index >= 15 is 0 Å². The third-order valence-corrected chi connectivity index (χ3v) is 9.41. The average molecular weight is 672 g/mol. The maximum absolute atomic E-state index is 13.5. The molecule has 0 bridgehead atoms. The van der Waals surface area contributed by atoms with Gasteiger partial charge in [-0.2, -0.15) is 5.01 Å². The van der Waals surface area contributed by atoms with Crippen molar-refractivity contribution in [1.82, 2.24) is 10.0 Å². The van der Waals surface area contributed by atoms with E-state index in [2.05, 4.69) is 47.8 Å². The molecule has 0 N–H and O–H groups in total. The fourth-order valence-corrected chi connectivity index (χ4v) is 5.79. The predicted molar refractivity (Wildman–Crippen MR) is 136 cm³/mol. The van der Waals surface area contributed by atoms with E-state index in [4.69, 9.17) is 0 Å². The largest absolute Gasteiger partial charge is 0.292 e. The van der Waals surface area contributed by atoms with Gasteiger partial charge in [0.25, 0.3) is 23.4 Å². The minimum atomic E-state index is -0.781. The molecule has 1 saturated heterocycles. The van der Waals surface area contributed by atoms with Gasteiger partial charge in [-0.25, -0.2) is 5.01 Å². The molecule has 1 aliphatic carbocycles. The van der Waals surface area contributed by atoms with Crippen LogP contribution in [0.25, 0.3) is 0 Å². The van der Waals surface area contributed by atoms with E-state index in [-0.39, 0.29) is 20.9 Å². The fourth-order valence-electron chi connectivity index (χ4n) is 4.29. The number of nitro benzene ring substituents is 1. The van der Waals surface area contributed by atoms with Crippen molar-refractivity contribution in [2.45, 2.75) is 22.5 Å². The second-order valence-corrected chi connectivity index (χ2v) is 11.6. The number of imide groups is 1. The summed E-state index contributed by atoms with van der Waals surface area (Å²) < 4.78 is 0.760. The molecule has 0 unspecified atom stereocenters. The maximum atomic E-state index is 13.5. The Bertz CT molecular complexity index is 1180. The van der Waals surface area contributed by atoms with E-state index in [1.54, 1.807) is 24.3 Å². The van der Waals surface area contributed by atoms with Crippen LogP contribution in [0.5, 0.6) is 0 Å². The summed E-state index contributed by atoms with van der Waals surface area (Å²) in [6, 6.07) is 11.3. The van der Waals surface area contributed by atoms with Crippen molar-refractivity contribution in [2.24, 2.45) is 11.8 Å². The van der Waals surface area contributed by atoms with Gasteiger partial charge in [-0.15, -0.1) is 0 Å². The van der Waals surface area contributed by atoms with Crippen molar-refractivity contribution in [2.75, 3.05) is 6.54 Å². The molecule has 12 heteroatoms. The number of rotatable bonds is 6. The molecule has 2 fully saturated rings. The van der Waals surface area contributed by atoms with Crippen LogP contribution in [0.3, 0.4) is 0 Å². The second-order valence-electron chi connectivity index (χ2n) is 8.30. The Hall–Kier alpha value is -2.44. The Morgan fingerprint density at radius 3 is 1.89 bits per heavy atom. The van der Waals surface area contributed by atoms with Gasteiger partial charge < -0.3 is 0 Å². The molecule has 2 aliphatic rings. The lowest BCUT2D eigenvalue weighted by molar-refractivity contribution is -0.384. The second kappa shape index (κ2) is 10.3. The van der Waals surface area contributed by atoms with Crippen molar-refractivity contribution in [1.29, 1.82) is 0 Å². The molecule has 0 radical (unpaired) electrons. The highest BCUT2D eigenvalue weighted by Gasteiger charge is 2.54. The van der Waals surface area contributed by atoms with Crippen LogP contribution in [-0.4, -0.2) is 54.6 Å². The molecule has 2 aromatic rings. The molecule has 4 rings (SSSR count). The average Bonchev–Trinajstić information content (AvgIpc) is 3.06. The normalized spacial score (nSPS) is 23.7. The first-order valence-corrected chi connectivity index (χ1v) is 13.2. The molecule has 1 heterocycles. The van der Waals surface area contributed by atoms with E-state index in [0.717, 1.165) is 26.6 Å². The summed E-state index contributed by atoms with van der Waals surface area (Å²) in [5.74, 6) is -3.56. The van der Waals surface area contributed by atoms with E-state index in [1.807, 2.05) is 0 Å². The zero-order chi connectivity index (χ0) is 25.4. The number of alkyl halides is 2. The van der Waals surface area contributed by atoms with Crippen LogP contribution >= 0.6 is 47.8 Å². The van der Waals surface area contributed by atoms with Gasteiger partial charge in [0.2, 0.25) is 0 Å². The van der Waals surface area contributed by atoms with Crippen LogP contribution in [0.15, 0.2) is 53.0 Å². The molecule has 35 heavy (non-hydrogen) atoms. The zero-order valence-corrected chi connectivity index (χ0v) is 22.7. The number of non-ortho nitro benzene ring substituents is 1. The van der Waals surface area contributed by atoms with Crippen molar-refractivity contribution in [3.8, 4) is 0 Å². The number of nitrogens with zero attached hydrogens (tertiary/aromatic N) is 3. The van der Waals surface area contributed by atoms with Gasteiger partial charge in [-0.1, -0.05) is 59.9 Å². The molecule has 4 atom stereocenters. The smallest absolute Gasteiger partial charge is 0.273 e. The lowest BCUT2D eigenvalue weighted by Crippen LogP contribution is -2.52. The highest BCUT2D eigenvalue weighted by atomic mass is 79.9. The number of fused-ring (bicyclic) bond motifs is 1. The van der Waals surface area contributed by atoms with E-state index in [0.29, 0.717) is 18.4 Å². The minimum Gasteiger partial charge on any atom is -0.292 e. The number of nitro groups is 1. The van der Waals surface area contributed by atoms with Crippen LogP contribution in [0.4, 0.5) is 5.69 Å². The summed E-state index contributed by atoms with van der Waals surface area (Å²) in [6.07, 6.45) is 0.809. The molecule has 1 saturated carbocycles. The SMILES string of the molecule is O=C(CN(C(=O)c1ccc([N+](=O)[O-])cc1)N1C(=O)[C@H]2C[C@H](Br)[C@@H](Br)C[C@H]2C1=O)c1ccc(Br)cc1. The summed E-state index contributed by atoms with van der Waals surface area (Å²) in [7, 11) is 0. The Morgan fingerprint density at radius 2 is 1.40 bits per heavy atom. The number of carbonyl (C=O) groups is 4. The van der Waals surface area contributed by atoms with Gasteiger partial charge in [0.15, 0.2) is 5.78 Å². The van der Waals surface area contributed by atoms with Crippen molar-refractivity contribution >= 4 is 77.0 Å². The highest BCUT2D eigenvalue weighted by molar-refractivity contribution is 9.12. The maximum Gasteiger partial charge on any atom is 0.273 e. The first-order chi connectivity index (χ1) is 16.6. The number of amides is 3. The van der Waals surface area contributed by atoms with Crippen LogP contribution in [0.1, 0.15) is 33.6 Å². The number of halogens is 3. The number of Topliss-reactive ketones (excluding diaryl/α,β-unsaturated/α-hetero) is 1. The van der Waals surface area contributed by atoms with Crippen LogP contribution in [-0.2, 0) is 9.59 Å². The topological polar surface area (TPSA) is 118 Å². The monoisotopic (exact) mass is 669 g/mol. The lowest BCUT2D eigenvalue weighted by Gasteiger charge is -2.30. The molecular formula is C23H18Br3N3O6. The third kappa shape index (κ3) is 5.10. The number of hydrogen-bond acceptors (Lipinski definition) is 6. The molecule has 0 aromatic heterocycles. The molecule has 3 amide bonds. The first-order valence-electron chi connectivity index (χ1n) is 10.6. The standard InChI is InChI=1S/C23H18Br3N3O6/c24-14-5-1-12(2-6-14)20(30)11-27(21(31)13-3-7-15(8-4-13)29(34)35)28-22(32)16-9-18(25)19(26)10-17(16)23(28)33/h1-8,16-19H,9-11H2/t16-,17+,18-,19-/m0/s1. The Kier molecular flexibility index (Phi) is 7.53. The summed E-state index contributed by atoms with van der Waals surface area (Å²) in [5, 5.41) is 12.6. The number of carbonyl (C=O) groups excluding carboxylic acids is 4. The molecule has 9 nitrogen and oxygen atoms in total. The third-order valence-electron chi connectivity index (χ3n) is 6.15. The summed E-state index contributed by atoms with van der Waals surface area (Å²) in [6.45, 7) is -0.552. The van der Waals surface area contributed by atoms with Crippen LogP contribution in [0, 0.1) is 22.0 Å². The van der Waals surface area contributed by atoms with Crippen LogP contribution in [0.2, 0.25) is 0 Å². The van der Waals surface area contributed by atoms with Gasteiger partial charge in [0, 0.05) is 37.4 Å². The first kappa shape index (κ1) is 25.6. The molecule has 2 aromatic carbocycles. The quantitative estimate of drug-likeness (QED) is 0.147. The van der Waals surface area contributed by atoms with E-state index < -0.39 is 46.8 Å². The van der Waals surface area contributed by atoms with Gasteiger partial charge >= 0.3 is 0 Å². The lowest BCUT2D eigenvalue weighted by atomic mass is 9.81. The Morgan fingerprint density at radius 1 is 0.914 bits per heavy atom. The highest BCUT2D eigenvalue weighted by Crippen LogP contribution is 2.43. The van der Waals surface area contributed by atoms with Gasteiger partial charge in [-0.3, -0.25) is 29.3 Å². The Balaban J connectivity index is 1.69. The molecule has 0 spiro atoms. The number of ketones is 1. The molecular weight excluding hydrogens is 654 g/mol. The zero-order valence-electron chi connectivity index (χ0n) is 18.0. The summed E-state index contributed by atoms with van der Waals surface area (Å²) >= 11 is 10.4. The number of hydrazine groups is 1.